The van der Waals surface area contributed by atoms with Crippen LogP contribution in [0.25, 0.3) is 0 Å². The van der Waals surface area contributed by atoms with Crippen molar-refractivity contribution in [2.24, 2.45) is 5.92 Å². The molecule has 86 valence electrons. The lowest BCUT2D eigenvalue weighted by atomic mass is 10.1. The van der Waals surface area contributed by atoms with Crippen molar-refractivity contribution in [3.8, 4) is 0 Å². The van der Waals surface area contributed by atoms with Crippen LogP contribution < -0.4 is 10.6 Å². The molecule has 1 saturated heterocycles. The van der Waals surface area contributed by atoms with E-state index < -0.39 is 0 Å². The van der Waals surface area contributed by atoms with Gasteiger partial charge in [-0.1, -0.05) is 6.07 Å². The molecule has 0 saturated carbocycles. The summed E-state index contributed by atoms with van der Waals surface area (Å²) in [5.41, 5.74) is 7.18. The molecule has 1 aromatic carbocycles. The first-order valence-corrected chi connectivity index (χ1v) is 5.39. The highest BCUT2D eigenvalue weighted by Crippen LogP contribution is 2.21. The third-order valence-electron chi connectivity index (χ3n) is 2.87. The number of nitrogens with two attached hydrogens (primary N) is 1. The van der Waals surface area contributed by atoms with Crippen molar-refractivity contribution in [1.82, 2.24) is 0 Å². The van der Waals surface area contributed by atoms with Crippen molar-refractivity contribution < 1.29 is 9.53 Å². The molecule has 4 nitrogen and oxygen atoms in total. The van der Waals surface area contributed by atoms with Crippen LogP contribution in [0.15, 0.2) is 24.3 Å². The third-order valence-corrected chi connectivity index (χ3v) is 2.87. The Hall–Kier alpha value is -1.55. The molecule has 1 unspecified atom stereocenters. The lowest BCUT2D eigenvalue weighted by Crippen LogP contribution is -2.33. The Kier molecular flexibility index (Phi) is 3.10. The Morgan fingerprint density at radius 1 is 1.56 bits per heavy atom. The zero-order valence-electron chi connectivity index (χ0n) is 9.35. The topological polar surface area (TPSA) is 55.6 Å². The third kappa shape index (κ3) is 2.17. The molecule has 1 amide bonds. The van der Waals surface area contributed by atoms with Crippen LogP contribution in [-0.4, -0.2) is 26.2 Å². The van der Waals surface area contributed by atoms with E-state index in [1.54, 1.807) is 24.1 Å². The maximum atomic E-state index is 12.1. The fourth-order valence-electron chi connectivity index (χ4n) is 1.86. The predicted octanol–water partition coefficient (Wildman–Crippen LogP) is 1.27. The molecule has 1 aliphatic heterocycles. The van der Waals surface area contributed by atoms with Crippen LogP contribution in [0.2, 0.25) is 0 Å². The number of carbonyl (C=O) groups is 1. The van der Waals surface area contributed by atoms with Gasteiger partial charge < -0.3 is 15.4 Å². The van der Waals surface area contributed by atoms with E-state index in [2.05, 4.69) is 0 Å². The van der Waals surface area contributed by atoms with E-state index >= 15 is 0 Å². The molecule has 16 heavy (non-hydrogen) atoms. The highest BCUT2D eigenvalue weighted by Gasteiger charge is 2.26. The Labute approximate surface area is 95.0 Å². The van der Waals surface area contributed by atoms with E-state index in [9.17, 15) is 4.79 Å². The van der Waals surface area contributed by atoms with Crippen LogP contribution in [0.1, 0.15) is 6.42 Å². The molecule has 0 aliphatic carbocycles. The molecule has 2 rings (SSSR count). The molecule has 1 aromatic rings. The monoisotopic (exact) mass is 220 g/mol. The number of rotatable bonds is 2. The molecular weight excluding hydrogens is 204 g/mol. The lowest BCUT2D eigenvalue weighted by Gasteiger charge is -2.20. The molecule has 4 heteroatoms. The molecule has 0 spiro atoms. The van der Waals surface area contributed by atoms with Gasteiger partial charge in [-0.05, 0) is 24.6 Å². The smallest absolute Gasteiger partial charge is 0.232 e. The largest absolute Gasteiger partial charge is 0.399 e. The molecule has 1 aliphatic rings. The Bertz CT molecular complexity index is 386. The number of hydrogen-bond donors (Lipinski definition) is 1. The van der Waals surface area contributed by atoms with Gasteiger partial charge in [-0.15, -0.1) is 0 Å². The van der Waals surface area contributed by atoms with Crippen LogP contribution in [0.5, 0.6) is 0 Å². The number of amides is 1. The van der Waals surface area contributed by atoms with E-state index in [0.29, 0.717) is 18.9 Å². The molecule has 1 heterocycles. The highest BCUT2D eigenvalue weighted by atomic mass is 16.5. The summed E-state index contributed by atoms with van der Waals surface area (Å²) in [5.74, 6) is 0.0922. The van der Waals surface area contributed by atoms with Crippen LogP contribution in [0.3, 0.4) is 0 Å². The van der Waals surface area contributed by atoms with E-state index in [1.807, 2.05) is 12.1 Å². The number of nitrogens with zero attached hydrogens (tertiary/aromatic N) is 1. The second-order valence-electron chi connectivity index (χ2n) is 4.05. The second-order valence-corrected chi connectivity index (χ2v) is 4.05. The van der Waals surface area contributed by atoms with Crippen LogP contribution in [0.4, 0.5) is 11.4 Å². The summed E-state index contributed by atoms with van der Waals surface area (Å²) in [6, 6.07) is 7.33. The van der Waals surface area contributed by atoms with Gasteiger partial charge in [0.25, 0.3) is 0 Å². The molecule has 1 atom stereocenters. The maximum Gasteiger partial charge on any atom is 0.232 e. The van der Waals surface area contributed by atoms with Crippen molar-refractivity contribution in [2.75, 3.05) is 30.9 Å². The number of ether oxygens (including phenoxy) is 1. The molecule has 0 bridgehead atoms. The SMILES string of the molecule is CN(C(=O)C1CCOC1)c1cccc(N)c1. The van der Waals surface area contributed by atoms with Crippen molar-refractivity contribution >= 4 is 17.3 Å². The average Bonchev–Trinajstić information content (AvgIpc) is 2.80. The molecule has 0 aromatic heterocycles. The Morgan fingerprint density at radius 2 is 2.38 bits per heavy atom. The Balaban J connectivity index is 2.11. The maximum absolute atomic E-state index is 12.1. The number of carbonyl (C=O) groups excluding carboxylic acids is 1. The Morgan fingerprint density at radius 3 is 3.00 bits per heavy atom. The summed E-state index contributed by atoms with van der Waals surface area (Å²) in [6.07, 6.45) is 0.811. The van der Waals surface area contributed by atoms with Crippen LogP contribution in [-0.2, 0) is 9.53 Å². The first-order chi connectivity index (χ1) is 7.68. The normalized spacial score (nSPS) is 19.7. The van der Waals surface area contributed by atoms with Gasteiger partial charge in [0.05, 0.1) is 12.5 Å². The number of nitrogen functional groups attached to an aromatic ring is 1. The first-order valence-electron chi connectivity index (χ1n) is 5.39. The molecule has 2 N–H and O–H groups in total. The molecular formula is C12H16N2O2. The minimum atomic E-state index is -0.00793. The van der Waals surface area contributed by atoms with Gasteiger partial charge in [-0.3, -0.25) is 4.79 Å². The summed E-state index contributed by atoms with van der Waals surface area (Å²) in [7, 11) is 1.77. The van der Waals surface area contributed by atoms with Gasteiger partial charge in [0.1, 0.15) is 0 Å². The van der Waals surface area contributed by atoms with Crippen molar-refractivity contribution in [1.29, 1.82) is 0 Å². The number of benzene rings is 1. The summed E-state index contributed by atoms with van der Waals surface area (Å²) in [5, 5.41) is 0. The van der Waals surface area contributed by atoms with Gasteiger partial charge in [0, 0.05) is 25.0 Å². The highest BCUT2D eigenvalue weighted by molar-refractivity contribution is 5.95. The minimum absolute atomic E-state index is 0.00793. The fourth-order valence-corrected chi connectivity index (χ4v) is 1.86. The standard InChI is InChI=1S/C12H16N2O2/c1-14(11-4-2-3-10(13)7-11)12(15)9-5-6-16-8-9/h2-4,7,9H,5-6,8,13H2,1H3. The minimum Gasteiger partial charge on any atom is -0.399 e. The van der Waals surface area contributed by atoms with Gasteiger partial charge in [0.15, 0.2) is 0 Å². The summed E-state index contributed by atoms with van der Waals surface area (Å²) >= 11 is 0. The van der Waals surface area contributed by atoms with Crippen molar-refractivity contribution in [3.63, 3.8) is 0 Å². The lowest BCUT2D eigenvalue weighted by molar-refractivity contribution is -0.122. The van der Waals surface area contributed by atoms with Crippen molar-refractivity contribution in [2.45, 2.75) is 6.42 Å². The zero-order valence-corrected chi connectivity index (χ0v) is 9.35. The quantitative estimate of drug-likeness (QED) is 0.763. The first kappa shape index (κ1) is 11.0. The van der Waals surface area contributed by atoms with Gasteiger partial charge in [-0.25, -0.2) is 0 Å². The summed E-state index contributed by atoms with van der Waals surface area (Å²) < 4.78 is 5.22. The number of anilines is 2. The van der Waals surface area contributed by atoms with Crippen LogP contribution in [0, 0.1) is 5.92 Å². The van der Waals surface area contributed by atoms with Gasteiger partial charge >= 0.3 is 0 Å². The molecule has 1 fully saturated rings. The average molecular weight is 220 g/mol. The van der Waals surface area contributed by atoms with Crippen molar-refractivity contribution in [3.05, 3.63) is 24.3 Å². The fraction of sp³-hybridized carbons (Fsp3) is 0.417. The van der Waals surface area contributed by atoms with E-state index in [-0.39, 0.29) is 11.8 Å². The van der Waals surface area contributed by atoms with E-state index in [1.165, 1.54) is 0 Å². The summed E-state index contributed by atoms with van der Waals surface area (Å²) in [6.45, 7) is 1.21. The zero-order chi connectivity index (χ0) is 11.5. The number of hydrogen-bond acceptors (Lipinski definition) is 3. The molecule has 0 radical (unpaired) electrons. The van der Waals surface area contributed by atoms with Crippen LogP contribution >= 0.6 is 0 Å². The predicted molar refractivity (Wildman–Crippen MR) is 63.2 cm³/mol. The van der Waals surface area contributed by atoms with Gasteiger partial charge in [0.2, 0.25) is 5.91 Å². The summed E-state index contributed by atoms with van der Waals surface area (Å²) in [4.78, 5) is 13.7. The van der Waals surface area contributed by atoms with E-state index in [0.717, 1.165) is 12.1 Å². The van der Waals surface area contributed by atoms with Gasteiger partial charge in [-0.2, -0.15) is 0 Å². The second kappa shape index (κ2) is 4.53. The van der Waals surface area contributed by atoms with E-state index in [4.69, 9.17) is 10.5 Å².